The van der Waals surface area contributed by atoms with E-state index in [-0.39, 0.29) is 5.91 Å². The van der Waals surface area contributed by atoms with Gasteiger partial charge in [0.1, 0.15) is 18.1 Å². The highest BCUT2D eigenvalue weighted by molar-refractivity contribution is 6.05. The number of ether oxygens (including phenoxy) is 2. The number of aryl methyl sites for hydroxylation is 2. The summed E-state index contributed by atoms with van der Waals surface area (Å²) in [6.07, 6.45) is 0.858. The van der Waals surface area contributed by atoms with E-state index in [9.17, 15) is 4.79 Å². The fourth-order valence-corrected chi connectivity index (χ4v) is 3.20. The number of carbonyl (C=O) groups excluding carboxylic acids is 1. The van der Waals surface area contributed by atoms with Gasteiger partial charge in [-0.1, -0.05) is 43.3 Å². The van der Waals surface area contributed by atoms with Crippen LogP contribution < -0.4 is 14.8 Å². The Labute approximate surface area is 172 Å². The van der Waals surface area contributed by atoms with Crippen LogP contribution in [0.25, 0.3) is 0 Å². The molecule has 0 fully saturated rings. The summed E-state index contributed by atoms with van der Waals surface area (Å²) in [6, 6.07) is 21.1. The maximum absolute atomic E-state index is 12.9. The van der Waals surface area contributed by atoms with Gasteiger partial charge in [-0.3, -0.25) is 4.79 Å². The van der Waals surface area contributed by atoms with Crippen LogP contribution in [0, 0.1) is 6.92 Å². The minimum Gasteiger partial charge on any atom is -0.493 e. The number of carbonyl (C=O) groups is 1. The maximum atomic E-state index is 12.9. The lowest BCUT2D eigenvalue weighted by molar-refractivity contribution is 0.102. The van der Waals surface area contributed by atoms with Crippen molar-refractivity contribution in [2.75, 3.05) is 11.9 Å². The quantitative estimate of drug-likeness (QED) is 0.531. The number of nitrogens with one attached hydrogen (secondary N) is 1. The lowest BCUT2D eigenvalue weighted by Crippen LogP contribution is -2.15. The van der Waals surface area contributed by atoms with Crippen molar-refractivity contribution in [3.8, 4) is 11.5 Å². The molecule has 0 aliphatic carbocycles. The molecule has 4 heteroatoms. The molecule has 0 bridgehead atoms. The third-order valence-corrected chi connectivity index (χ3v) is 4.74. The van der Waals surface area contributed by atoms with E-state index in [2.05, 4.69) is 12.2 Å². The first-order chi connectivity index (χ1) is 14.1. The van der Waals surface area contributed by atoms with Crippen molar-refractivity contribution in [2.45, 2.75) is 33.8 Å². The molecule has 0 unspecified atom stereocenters. The molecule has 0 aromatic heterocycles. The second-order valence-corrected chi connectivity index (χ2v) is 6.77. The second-order valence-electron chi connectivity index (χ2n) is 6.77. The lowest BCUT2D eigenvalue weighted by atomic mass is 10.0. The number of amides is 1. The van der Waals surface area contributed by atoms with E-state index in [1.165, 1.54) is 0 Å². The van der Waals surface area contributed by atoms with Crippen LogP contribution in [0.2, 0.25) is 0 Å². The molecule has 0 atom stereocenters. The molecule has 0 aliphatic rings. The number of rotatable bonds is 8. The predicted molar refractivity (Wildman–Crippen MR) is 117 cm³/mol. The zero-order valence-corrected chi connectivity index (χ0v) is 17.2. The van der Waals surface area contributed by atoms with E-state index >= 15 is 0 Å². The third-order valence-electron chi connectivity index (χ3n) is 4.74. The fourth-order valence-electron chi connectivity index (χ4n) is 3.20. The predicted octanol–water partition coefficient (Wildman–Crippen LogP) is 5.79. The molecule has 3 aromatic carbocycles. The summed E-state index contributed by atoms with van der Waals surface area (Å²) in [7, 11) is 0. The molecule has 4 nitrogen and oxygen atoms in total. The Bertz CT molecular complexity index is 967. The second kappa shape index (κ2) is 9.78. The number of hydrogen-bond acceptors (Lipinski definition) is 3. The highest BCUT2D eigenvalue weighted by Gasteiger charge is 2.14. The van der Waals surface area contributed by atoms with Gasteiger partial charge in [0, 0.05) is 16.8 Å². The van der Waals surface area contributed by atoms with Crippen LogP contribution in [-0.4, -0.2) is 12.5 Å². The first-order valence-corrected chi connectivity index (χ1v) is 9.95. The van der Waals surface area contributed by atoms with Gasteiger partial charge in [0.25, 0.3) is 5.91 Å². The van der Waals surface area contributed by atoms with Crippen LogP contribution in [0.3, 0.4) is 0 Å². The molecule has 29 heavy (non-hydrogen) atoms. The molecule has 0 saturated carbocycles. The molecule has 0 heterocycles. The van der Waals surface area contributed by atoms with Crippen LogP contribution in [0.4, 0.5) is 5.69 Å². The summed E-state index contributed by atoms with van der Waals surface area (Å²) >= 11 is 0. The summed E-state index contributed by atoms with van der Waals surface area (Å²) in [6.45, 7) is 6.90. The number of benzene rings is 3. The largest absolute Gasteiger partial charge is 0.493 e. The summed E-state index contributed by atoms with van der Waals surface area (Å²) < 4.78 is 11.6. The smallest absolute Gasteiger partial charge is 0.255 e. The standard InChI is InChI=1S/C25H27NO3/c1-4-19-11-9-10-18(3)24(19)26-25(27)20-14-15-23(28-5-2)21(16-20)17-29-22-12-7-6-8-13-22/h6-16H,4-5,17H2,1-3H3,(H,26,27). The van der Waals surface area contributed by atoms with E-state index in [4.69, 9.17) is 9.47 Å². The molecule has 1 N–H and O–H groups in total. The highest BCUT2D eigenvalue weighted by Crippen LogP contribution is 2.25. The Morgan fingerprint density at radius 2 is 1.69 bits per heavy atom. The van der Waals surface area contributed by atoms with Gasteiger partial charge >= 0.3 is 0 Å². The van der Waals surface area contributed by atoms with Crippen molar-refractivity contribution >= 4 is 11.6 Å². The number of para-hydroxylation sites is 2. The molecule has 150 valence electrons. The number of anilines is 1. The third kappa shape index (κ3) is 5.17. The molecular weight excluding hydrogens is 362 g/mol. The zero-order valence-electron chi connectivity index (χ0n) is 17.2. The molecular formula is C25H27NO3. The Hall–Kier alpha value is -3.27. The van der Waals surface area contributed by atoms with E-state index in [0.29, 0.717) is 18.8 Å². The minimum absolute atomic E-state index is 0.141. The van der Waals surface area contributed by atoms with Gasteiger partial charge in [0.05, 0.1) is 6.61 Å². The summed E-state index contributed by atoms with van der Waals surface area (Å²) in [5.41, 5.74) is 4.47. The summed E-state index contributed by atoms with van der Waals surface area (Å²) in [4.78, 5) is 12.9. The van der Waals surface area contributed by atoms with Gasteiger partial charge < -0.3 is 14.8 Å². The first-order valence-electron chi connectivity index (χ1n) is 9.95. The van der Waals surface area contributed by atoms with Crippen LogP contribution in [0.1, 0.15) is 40.9 Å². The minimum atomic E-state index is -0.141. The van der Waals surface area contributed by atoms with E-state index in [1.807, 2.05) is 74.5 Å². The Morgan fingerprint density at radius 3 is 2.41 bits per heavy atom. The zero-order chi connectivity index (χ0) is 20.6. The first kappa shape index (κ1) is 20.5. The van der Waals surface area contributed by atoms with Gasteiger partial charge in [0.15, 0.2) is 0 Å². The van der Waals surface area contributed by atoms with Gasteiger partial charge in [-0.25, -0.2) is 0 Å². The molecule has 0 spiro atoms. The van der Waals surface area contributed by atoms with Gasteiger partial charge in [-0.2, -0.15) is 0 Å². The monoisotopic (exact) mass is 389 g/mol. The van der Waals surface area contributed by atoms with Crippen molar-refractivity contribution in [3.05, 3.63) is 89.0 Å². The summed E-state index contributed by atoms with van der Waals surface area (Å²) in [5, 5.41) is 3.08. The van der Waals surface area contributed by atoms with Crippen molar-refractivity contribution in [1.29, 1.82) is 0 Å². The molecule has 3 rings (SSSR count). The van der Waals surface area contributed by atoms with E-state index in [0.717, 1.165) is 40.3 Å². The van der Waals surface area contributed by atoms with Crippen LogP contribution in [-0.2, 0) is 13.0 Å². The van der Waals surface area contributed by atoms with Gasteiger partial charge in [-0.15, -0.1) is 0 Å². The van der Waals surface area contributed by atoms with Crippen molar-refractivity contribution in [1.82, 2.24) is 0 Å². The molecule has 0 saturated heterocycles. The maximum Gasteiger partial charge on any atom is 0.255 e. The molecule has 0 aliphatic heterocycles. The SMILES string of the molecule is CCOc1ccc(C(=O)Nc2c(C)cccc2CC)cc1COc1ccccc1. The average molecular weight is 389 g/mol. The Balaban J connectivity index is 1.83. The summed E-state index contributed by atoms with van der Waals surface area (Å²) in [5.74, 6) is 1.36. The average Bonchev–Trinajstić information content (AvgIpc) is 2.75. The van der Waals surface area contributed by atoms with E-state index in [1.54, 1.807) is 6.07 Å². The van der Waals surface area contributed by atoms with Crippen LogP contribution >= 0.6 is 0 Å². The van der Waals surface area contributed by atoms with Crippen molar-refractivity contribution in [3.63, 3.8) is 0 Å². The Morgan fingerprint density at radius 1 is 0.897 bits per heavy atom. The fraction of sp³-hybridized carbons (Fsp3) is 0.240. The molecule has 0 radical (unpaired) electrons. The van der Waals surface area contributed by atoms with Gasteiger partial charge in [-0.05, 0) is 61.7 Å². The topological polar surface area (TPSA) is 47.6 Å². The van der Waals surface area contributed by atoms with Crippen molar-refractivity contribution < 1.29 is 14.3 Å². The van der Waals surface area contributed by atoms with Crippen LogP contribution in [0.5, 0.6) is 11.5 Å². The molecule has 3 aromatic rings. The van der Waals surface area contributed by atoms with Crippen LogP contribution in [0.15, 0.2) is 66.7 Å². The lowest BCUT2D eigenvalue weighted by Gasteiger charge is -2.15. The normalized spacial score (nSPS) is 10.4. The van der Waals surface area contributed by atoms with Crippen molar-refractivity contribution in [2.24, 2.45) is 0 Å². The Kier molecular flexibility index (Phi) is 6.90. The van der Waals surface area contributed by atoms with Gasteiger partial charge in [0.2, 0.25) is 0 Å². The van der Waals surface area contributed by atoms with E-state index < -0.39 is 0 Å². The number of hydrogen-bond donors (Lipinski definition) is 1. The molecule has 1 amide bonds. The highest BCUT2D eigenvalue weighted by atomic mass is 16.5.